The second-order valence-electron chi connectivity index (χ2n) is 5.65. The average molecular weight is 328 g/mol. The molecule has 2 N–H and O–H groups in total. The van der Waals surface area contributed by atoms with Gasteiger partial charge in [-0.15, -0.1) is 0 Å². The molecule has 0 bridgehead atoms. The number of nitrogens with one attached hydrogen (secondary N) is 2. The van der Waals surface area contributed by atoms with E-state index in [2.05, 4.69) is 10.0 Å². The monoisotopic (exact) mass is 328 g/mol. The summed E-state index contributed by atoms with van der Waals surface area (Å²) in [5, 5.41) is 3.35. The molecule has 1 aliphatic heterocycles. The van der Waals surface area contributed by atoms with E-state index in [0.29, 0.717) is 19.8 Å². The van der Waals surface area contributed by atoms with Crippen molar-refractivity contribution >= 4 is 10.0 Å². The van der Waals surface area contributed by atoms with Crippen molar-refractivity contribution in [1.29, 1.82) is 0 Å². The van der Waals surface area contributed by atoms with Gasteiger partial charge in [-0.25, -0.2) is 13.1 Å². The summed E-state index contributed by atoms with van der Waals surface area (Å²) in [5.74, 6) is 0. The molecule has 1 saturated heterocycles. The second kappa shape index (κ2) is 7.52. The van der Waals surface area contributed by atoms with Gasteiger partial charge >= 0.3 is 0 Å². The minimum Gasteiger partial charge on any atom is -0.383 e. The van der Waals surface area contributed by atoms with Crippen molar-refractivity contribution in [2.45, 2.75) is 29.9 Å². The number of hydrogen-bond acceptors (Lipinski definition) is 5. The van der Waals surface area contributed by atoms with Crippen molar-refractivity contribution < 1.29 is 17.9 Å². The first kappa shape index (κ1) is 17.4. The molecule has 1 fully saturated rings. The topological polar surface area (TPSA) is 76.7 Å². The number of rotatable bonds is 8. The fraction of sp³-hybridized carbons (Fsp3) is 0.600. The first-order valence-corrected chi connectivity index (χ1v) is 8.81. The largest absolute Gasteiger partial charge is 0.383 e. The van der Waals surface area contributed by atoms with Crippen molar-refractivity contribution in [2.75, 3.05) is 33.9 Å². The van der Waals surface area contributed by atoms with Crippen LogP contribution >= 0.6 is 0 Å². The number of sulfonamides is 1. The number of benzene rings is 1. The highest BCUT2D eigenvalue weighted by molar-refractivity contribution is 7.89. The molecule has 7 heteroatoms. The van der Waals surface area contributed by atoms with E-state index < -0.39 is 10.0 Å². The highest BCUT2D eigenvalue weighted by Crippen LogP contribution is 2.20. The lowest BCUT2D eigenvalue weighted by atomic mass is 9.99. The van der Waals surface area contributed by atoms with Gasteiger partial charge in [-0.3, -0.25) is 0 Å². The van der Waals surface area contributed by atoms with Crippen LogP contribution in [0.15, 0.2) is 29.2 Å². The SMILES string of the molecule is COCc1cccc(S(=O)(=O)NCC2(COC)CCCN2)c1. The van der Waals surface area contributed by atoms with E-state index in [9.17, 15) is 8.42 Å². The molecule has 1 heterocycles. The van der Waals surface area contributed by atoms with Gasteiger partial charge in [0, 0.05) is 20.8 Å². The normalized spacial score (nSPS) is 22.1. The van der Waals surface area contributed by atoms with Crippen LogP contribution in [0, 0.1) is 0 Å². The summed E-state index contributed by atoms with van der Waals surface area (Å²) < 4.78 is 37.9. The van der Waals surface area contributed by atoms with E-state index >= 15 is 0 Å². The highest BCUT2D eigenvalue weighted by atomic mass is 32.2. The summed E-state index contributed by atoms with van der Waals surface area (Å²) in [4.78, 5) is 0.257. The fourth-order valence-corrected chi connectivity index (χ4v) is 3.95. The Morgan fingerprint density at radius 2 is 2.14 bits per heavy atom. The Hall–Kier alpha value is -0.990. The fourth-order valence-electron chi connectivity index (χ4n) is 2.76. The van der Waals surface area contributed by atoms with Gasteiger partial charge in [-0.05, 0) is 37.1 Å². The standard InChI is InChI=1S/C15H24N2O4S/c1-20-10-13-5-3-6-14(9-13)22(18,19)17-11-15(12-21-2)7-4-8-16-15/h3,5-6,9,16-17H,4,7-8,10-12H2,1-2H3. The van der Waals surface area contributed by atoms with Gasteiger partial charge in [0.2, 0.25) is 10.0 Å². The van der Waals surface area contributed by atoms with Gasteiger partial charge < -0.3 is 14.8 Å². The van der Waals surface area contributed by atoms with Crippen molar-refractivity contribution in [3.63, 3.8) is 0 Å². The lowest BCUT2D eigenvalue weighted by molar-refractivity contribution is 0.122. The molecule has 1 unspecified atom stereocenters. The van der Waals surface area contributed by atoms with Gasteiger partial charge in [0.15, 0.2) is 0 Å². The minimum atomic E-state index is -3.55. The maximum Gasteiger partial charge on any atom is 0.240 e. The minimum absolute atomic E-state index is 0.257. The molecule has 1 aromatic carbocycles. The van der Waals surface area contributed by atoms with E-state index in [1.54, 1.807) is 32.4 Å². The lowest BCUT2D eigenvalue weighted by Gasteiger charge is -2.28. The first-order valence-electron chi connectivity index (χ1n) is 7.33. The predicted octanol–water partition coefficient (Wildman–Crippen LogP) is 0.880. The summed E-state index contributed by atoms with van der Waals surface area (Å²) in [6.07, 6.45) is 1.92. The third-order valence-corrected chi connectivity index (χ3v) is 5.27. The Kier molecular flexibility index (Phi) is 5.94. The van der Waals surface area contributed by atoms with Crippen LogP contribution in [0.3, 0.4) is 0 Å². The zero-order chi connectivity index (χ0) is 16.1. The molecule has 0 radical (unpaired) electrons. The molecule has 6 nitrogen and oxygen atoms in total. The maximum absolute atomic E-state index is 12.5. The Labute approximate surface area is 132 Å². The van der Waals surface area contributed by atoms with Crippen LogP contribution in [-0.4, -0.2) is 47.9 Å². The molecule has 0 saturated carbocycles. The van der Waals surface area contributed by atoms with E-state index in [-0.39, 0.29) is 10.4 Å². The Morgan fingerprint density at radius 3 is 2.77 bits per heavy atom. The van der Waals surface area contributed by atoms with Crippen LogP contribution in [0.2, 0.25) is 0 Å². The van der Waals surface area contributed by atoms with Crippen LogP contribution in [-0.2, 0) is 26.1 Å². The summed E-state index contributed by atoms with van der Waals surface area (Å²) in [7, 11) is -0.334. The maximum atomic E-state index is 12.5. The summed E-state index contributed by atoms with van der Waals surface area (Å²) in [6, 6.07) is 6.79. The zero-order valence-corrected chi connectivity index (χ0v) is 13.9. The molecule has 0 aliphatic carbocycles. The van der Waals surface area contributed by atoms with Crippen LogP contribution in [0.1, 0.15) is 18.4 Å². The van der Waals surface area contributed by atoms with Crippen molar-refractivity contribution in [3.8, 4) is 0 Å². The number of methoxy groups -OCH3 is 2. The molecular weight excluding hydrogens is 304 g/mol. The van der Waals surface area contributed by atoms with Crippen LogP contribution < -0.4 is 10.0 Å². The second-order valence-corrected chi connectivity index (χ2v) is 7.42. The van der Waals surface area contributed by atoms with Crippen LogP contribution in [0.25, 0.3) is 0 Å². The highest BCUT2D eigenvalue weighted by Gasteiger charge is 2.34. The third-order valence-electron chi connectivity index (χ3n) is 3.87. The molecule has 0 aromatic heterocycles. The third kappa shape index (κ3) is 4.27. The van der Waals surface area contributed by atoms with Crippen LogP contribution in [0.4, 0.5) is 0 Å². The quantitative estimate of drug-likeness (QED) is 0.741. The molecular formula is C15H24N2O4S. The van der Waals surface area contributed by atoms with E-state index in [4.69, 9.17) is 9.47 Å². The molecule has 124 valence electrons. The average Bonchev–Trinajstić information content (AvgIpc) is 2.96. The molecule has 0 amide bonds. The smallest absolute Gasteiger partial charge is 0.240 e. The number of ether oxygens (including phenoxy) is 2. The Balaban J connectivity index is 2.08. The molecule has 1 aliphatic rings. The number of hydrogen-bond donors (Lipinski definition) is 2. The van der Waals surface area contributed by atoms with Crippen LogP contribution in [0.5, 0.6) is 0 Å². The summed E-state index contributed by atoms with van der Waals surface area (Å²) in [6.45, 7) is 2.07. The van der Waals surface area contributed by atoms with Crippen molar-refractivity contribution in [1.82, 2.24) is 10.0 Å². The molecule has 1 atom stereocenters. The Bertz CT molecular complexity index is 583. The van der Waals surface area contributed by atoms with Gasteiger partial charge in [0.25, 0.3) is 0 Å². The van der Waals surface area contributed by atoms with Gasteiger partial charge in [0.05, 0.1) is 23.6 Å². The Morgan fingerprint density at radius 1 is 1.32 bits per heavy atom. The molecule has 2 rings (SSSR count). The lowest BCUT2D eigenvalue weighted by Crippen LogP contribution is -2.52. The van der Waals surface area contributed by atoms with Gasteiger partial charge in [-0.1, -0.05) is 12.1 Å². The predicted molar refractivity (Wildman–Crippen MR) is 84.2 cm³/mol. The summed E-state index contributed by atoms with van der Waals surface area (Å²) >= 11 is 0. The first-order chi connectivity index (χ1) is 10.5. The van der Waals surface area contributed by atoms with E-state index in [1.807, 2.05) is 6.07 Å². The van der Waals surface area contributed by atoms with Gasteiger partial charge in [-0.2, -0.15) is 0 Å². The van der Waals surface area contributed by atoms with Gasteiger partial charge in [0.1, 0.15) is 0 Å². The molecule has 0 spiro atoms. The zero-order valence-electron chi connectivity index (χ0n) is 13.1. The van der Waals surface area contributed by atoms with E-state index in [1.165, 1.54) is 0 Å². The summed E-state index contributed by atoms with van der Waals surface area (Å²) in [5.41, 5.74) is 0.516. The molecule has 22 heavy (non-hydrogen) atoms. The van der Waals surface area contributed by atoms with Crippen molar-refractivity contribution in [2.24, 2.45) is 0 Å². The molecule has 1 aromatic rings. The van der Waals surface area contributed by atoms with E-state index in [0.717, 1.165) is 24.9 Å². The van der Waals surface area contributed by atoms with Crippen molar-refractivity contribution in [3.05, 3.63) is 29.8 Å².